The van der Waals surface area contributed by atoms with Crippen molar-refractivity contribution in [3.05, 3.63) is 94.5 Å². The molecule has 1 aliphatic rings. The zero-order valence-electron chi connectivity index (χ0n) is 23.2. The lowest BCUT2D eigenvalue weighted by molar-refractivity contribution is -0.141. The lowest BCUT2D eigenvalue weighted by Crippen LogP contribution is -2.52. The van der Waals surface area contributed by atoms with Gasteiger partial charge in [-0.3, -0.25) is 9.59 Å². The molecule has 2 amide bonds. The van der Waals surface area contributed by atoms with Crippen LogP contribution in [0.4, 0.5) is 0 Å². The Kier molecular flexibility index (Phi) is 11.5. The summed E-state index contributed by atoms with van der Waals surface area (Å²) in [5.41, 5.74) is 2.01. The smallest absolute Gasteiger partial charge is 0.243 e. The van der Waals surface area contributed by atoms with Crippen molar-refractivity contribution in [2.75, 3.05) is 13.7 Å². The number of nitrogens with one attached hydrogen (secondary N) is 1. The lowest BCUT2D eigenvalue weighted by Gasteiger charge is -2.33. The zero-order valence-corrected chi connectivity index (χ0v) is 24.8. The molecular weight excluding hydrogens is 568 g/mol. The van der Waals surface area contributed by atoms with Gasteiger partial charge in [-0.25, -0.2) is 0 Å². The van der Waals surface area contributed by atoms with E-state index in [1.54, 1.807) is 12.0 Å². The minimum atomic E-state index is -0.608. The van der Waals surface area contributed by atoms with E-state index < -0.39 is 6.04 Å². The first-order valence-corrected chi connectivity index (χ1v) is 15.0. The maximum atomic E-state index is 13.8. The molecule has 40 heavy (non-hydrogen) atoms. The van der Waals surface area contributed by atoms with Crippen molar-refractivity contribution in [2.24, 2.45) is 0 Å². The van der Waals surface area contributed by atoms with Gasteiger partial charge in [0.2, 0.25) is 11.8 Å². The van der Waals surface area contributed by atoms with Crippen LogP contribution in [-0.2, 0) is 22.6 Å². The number of halogens is 1. The summed E-state index contributed by atoms with van der Waals surface area (Å²) in [4.78, 5) is 29.4. The molecular formula is C33H39BrN2O4. The van der Waals surface area contributed by atoms with Crippen LogP contribution in [0.5, 0.6) is 11.5 Å². The summed E-state index contributed by atoms with van der Waals surface area (Å²) in [6.07, 6.45) is 6.75. The fourth-order valence-corrected chi connectivity index (χ4v) is 5.38. The third-order valence-electron chi connectivity index (χ3n) is 7.35. The van der Waals surface area contributed by atoms with Gasteiger partial charge in [-0.15, -0.1) is 0 Å². The summed E-state index contributed by atoms with van der Waals surface area (Å²) < 4.78 is 12.0. The summed E-state index contributed by atoms with van der Waals surface area (Å²) in [5.74, 6) is 1.37. The second-order valence-electron chi connectivity index (χ2n) is 10.3. The highest BCUT2D eigenvalue weighted by molar-refractivity contribution is 9.10. The highest BCUT2D eigenvalue weighted by Crippen LogP contribution is 2.22. The number of nitrogens with zero attached hydrogens (tertiary/aromatic N) is 1. The zero-order chi connectivity index (χ0) is 28.2. The number of hydrogen-bond donors (Lipinski definition) is 1. The van der Waals surface area contributed by atoms with Gasteiger partial charge in [0, 0.05) is 29.9 Å². The van der Waals surface area contributed by atoms with Crippen molar-refractivity contribution >= 4 is 27.7 Å². The standard InChI is InChI=1S/C33H39BrN2O4/c1-39-29-18-20-30(21-19-29)40-22-8-13-32(37)36(24-26-14-16-27(34)17-15-26)31(23-25-9-4-2-5-10-25)33(38)35-28-11-6-3-7-12-28/h2,4-5,9-10,14-21,28,31H,3,6-8,11-13,22-24H2,1H3,(H,35,38)/t31-/m1/s1. The van der Waals surface area contributed by atoms with Crippen molar-refractivity contribution in [3.63, 3.8) is 0 Å². The van der Waals surface area contributed by atoms with Gasteiger partial charge in [0.05, 0.1) is 13.7 Å². The molecule has 0 aromatic heterocycles. The SMILES string of the molecule is COc1ccc(OCCCC(=O)N(Cc2ccc(Br)cc2)[C@H](Cc2ccccc2)C(=O)NC2CCCCC2)cc1. The highest BCUT2D eigenvalue weighted by atomic mass is 79.9. The third-order valence-corrected chi connectivity index (χ3v) is 7.88. The van der Waals surface area contributed by atoms with Crippen LogP contribution >= 0.6 is 15.9 Å². The van der Waals surface area contributed by atoms with Crippen molar-refractivity contribution in [1.29, 1.82) is 0 Å². The fraction of sp³-hybridized carbons (Fsp3) is 0.394. The Morgan fingerprint density at radius 3 is 2.25 bits per heavy atom. The molecule has 3 aromatic rings. The van der Waals surface area contributed by atoms with Crippen LogP contribution in [0.1, 0.15) is 56.1 Å². The average Bonchev–Trinajstić information content (AvgIpc) is 2.99. The molecule has 4 rings (SSSR count). The molecule has 1 saturated carbocycles. The van der Waals surface area contributed by atoms with Gasteiger partial charge < -0.3 is 19.7 Å². The molecule has 1 N–H and O–H groups in total. The van der Waals surface area contributed by atoms with E-state index in [4.69, 9.17) is 9.47 Å². The molecule has 0 bridgehead atoms. The number of methoxy groups -OCH3 is 1. The van der Waals surface area contributed by atoms with E-state index in [-0.39, 0.29) is 24.3 Å². The summed E-state index contributed by atoms with van der Waals surface area (Å²) in [6, 6.07) is 24.8. The number of hydrogen-bond acceptors (Lipinski definition) is 4. The van der Waals surface area contributed by atoms with Gasteiger partial charge in [-0.2, -0.15) is 0 Å². The number of ether oxygens (including phenoxy) is 2. The fourth-order valence-electron chi connectivity index (χ4n) is 5.11. The average molecular weight is 608 g/mol. The molecule has 6 nitrogen and oxygen atoms in total. The highest BCUT2D eigenvalue weighted by Gasteiger charge is 2.31. The summed E-state index contributed by atoms with van der Waals surface area (Å²) in [6.45, 7) is 0.767. The van der Waals surface area contributed by atoms with Crippen molar-refractivity contribution < 1.29 is 19.1 Å². The minimum absolute atomic E-state index is 0.0547. The Morgan fingerprint density at radius 2 is 1.57 bits per heavy atom. The summed E-state index contributed by atoms with van der Waals surface area (Å²) in [5, 5.41) is 3.29. The van der Waals surface area contributed by atoms with Gasteiger partial charge in [-0.05, 0) is 66.8 Å². The van der Waals surface area contributed by atoms with E-state index in [1.807, 2.05) is 78.9 Å². The predicted molar refractivity (Wildman–Crippen MR) is 161 cm³/mol. The molecule has 212 valence electrons. The number of rotatable bonds is 13. The quantitative estimate of drug-likeness (QED) is 0.220. The van der Waals surface area contributed by atoms with Crippen LogP contribution in [-0.4, -0.2) is 42.5 Å². The van der Waals surface area contributed by atoms with Gasteiger partial charge in [-0.1, -0.05) is 77.7 Å². The normalized spacial score (nSPS) is 14.2. The number of carbonyl (C=O) groups is 2. The van der Waals surface area contributed by atoms with E-state index in [1.165, 1.54) is 6.42 Å². The summed E-state index contributed by atoms with van der Waals surface area (Å²) in [7, 11) is 1.63. The Balaban J connectivity index is 1.50. The molecule has 1 fully saturated rings. The topological polar surface area (TPSA) is 67.9 Å². The van der Waals surface area contributed by atoms with Crippen molar-refractivity contribution in [1.82, 2.24) is 10.2 Å². The predicted octanol–water partition coefficient (Wildman–Crippen LogP) is 6.71. The number of amides is 2. The maximum Gasteiger partial charge on any atom is 0.243 e. The van der Waals surface area contributed by atoms with E-state index in [0.29, 0.717) is 26.0 Å². The van der Waals surface area contributed by atoms with Crippen LogP contribution in [0.3, 0.4) is 0 Å². The van der Waals surface area contributed by atoms with Crippen molar-refractivity contribution in [2.45, 2.75) is 70.0 Å². The minimum Gasteiger partial charge on any atom is -0.497 e. The van der Waals surface area contributed by atoms with Crippen LogP contribution in [0.25, 0.3) is 0 Å². The van der Waals surface area contributed by atoms with Crippen LogP contribution in [0.2, 0.25) is 0 Å². The molecule has 1 aliphatic carbocycles. The van der Waals surface area contributed by atoms with E-state index in [9.17, 15) is 9.59 Å². The van der Waals surface area contributed by atoms with Crippen molar-refractivity contribution in [3.8, 4) is 11.5 Å². The Bertz CT molecular complexity index is 1200. The largest absolute Gasteiger partial charge is 0.497 e. The maximum absolute atomic E-state index is 13.8. The van der Waals surface area contributed by atoms with Gasteiger partial charge in [0.25, 0.3) is 0 Å². The number of carbonyl (C=O) groups excluding carboxylic acids is 2. The molecule has 0 spiro atoms. The van der Waals surface area contributed by atoms with Crippen LogP contribution in [0, 0.1) is 0 Å². The molecule has 0 aliphatic heterocycles. The monoisotopic (exact) mass is 606 g/mol. The first-order valence-electron chi connectivity index (χ1n) is 14.2. The Hall–Kier alpha value is -3.32. The third kappa shape index (κ3) is 9.12. The molecule has 0 saturated heterocycles. The summed E-state index contributed by atoms with van der Waals surface area (Å²) >= 11 is 3.50. The lowest BCUT2D eigenvalue weighted by atomic mass is 9.94. The van der Waals surface area contributed by atoms with Gasteiger partial charge in [0.15, 0.2) is 0 Å². The van der Waals surface area contributed by atoms with E-state index in [0.717, 1.165) is 52.8 Å². The van der Waals surface area contributed by atoms with Gasteiger partial charge in [0.1, 0.15) is 17.5 Å². The first-order chi connectivity index (χ1) is 19.5. The van der Waals surface area contributed by atoms with Crippen LogP contribution in [0.15, 0.2) is 83.3 Å². The van der Waals surface area contributed by atoms with Gasteiger partial charge >= 0.3 is 0 Å². The molecule has 0 unspecified atom stereocenters. The van der Waals surface area contributed by atoms with E-state index >= 15 is 0 Å². The Morgan fingerprint density at radius 1 is 0.900 bits per heavy atom. The molecule has 0 radical (unpaired) electrons. The van der Waals surface area contributed by atoms with E-state index in [2.05, 4.69) is 21.2 Å². The molecule has 3 aromatic carbocycles. The Labute approximate surface area is 246 Å². The molecule has 1 atom stereocenters. The number of benzene rings is 3. The van der Waals surface area contributed by atoms with Crippen LogP contribution < -0.4 is 14.8 Å². The first kappa shape index (κ1) is 29.7. The second kappa shape index (κ2) is 15.5. The second-order valence-corrected chi connectivity index (χ2v) is 11.2. The molecule has 0 heterocycles. The molecule has 7 heteroatoms.